The van der Waals surface area contributed by atoms with E-state index in [0.29, 0.717) is 5.41 Å². The highest BCUT2D eigenvalue weighted by Crippen LogP contribution is 2.42. The number of hydrogen-bond acceptors (Lipinski definition) is 8. The summed E-state index contributed by atoms with van der Waals surface area (Å²) in [5.74, 6) is -7.23. The lowest BCUT2D eigenvalue weighted by Crippen LogP contribution is -2.46. The lowest BCUT2D eigenvalue weighted by Gasteiger charge is -2.47. The summed E-state index contributed by atoms with van der Waals surface area (Å²) in [6.07, 6.45) is -6.25. The van der Waals surface area contributed by atoms with Crippen molar-refractivity contribution < 1.29 is 69.2 Å². The van der Waals surface area contributed by atoms with Crippen LogP contribution in [-0.2, 0) is 20.9 Å². The molecule has 0 amide bonds. The minimum Gasteiger partial charge on any atom is -0.475 e. The number of pyridine rings is 1. The Labute approximate surface area is 255 Å². The van der Waals surface area contributed by atoms with Gasteiger partial charge in [0.2, 0.25) is 0 Å². The number of piperidine rings is 2. The highest BCUT2D eigenvalue weighted by Gasteiger charge is 2.40. The van der Waals surface area contributed by atoms with E-state index >= 15 is 0 Å². The molecule has 2 aromatic rings. The van der Waals surface area contributed by atoms with Crippen molar-refractivity contribution in [3.8, 4) is 0 Å². The fourth-order valence-corrected chi connectivity index (χ4v) is 4.20. The van der Waals surface area contributed by atoms with Crippen molar-refractivity contribution in [2.75, 3.05) is 31.1 Å². The molecule has 3 N–H and O–H groups in total. The van der Waals surface area contributed by atoms with Gasteiger partial charge in [-0.15, -0.1) is 5.10 Å². The van der Waals surface area contributed by atoms with E-state index in [1.165, 1.54) is 44.3 Å². The van der Waals surface area contributed by atoms with Crippen LogP contribution in [0.5, 0.6) is 0 Å². The van der Waals surface area contributed by atoms with Gasteiger partial charge in [-0.1, -0.05) is 0 Å². The first kappa shape index (κ1) is 39.8. The minimum absolute atomic E-state index is 0.545. The SMILES string of the molecule is Cc1ccc(N2CCC3(CCN(Cc4ccncc4)CC3)CC2)nn1.O=C(O)C(F)(F)F.O=C(O)C(F)(F)F.O=C(O)C(F)(F)F. The number of nitrogens with zero attached hydrogens (tertiary/aromatic N) is 5. The number of anilines is 1. The molecule has 0 aliphatic carbocycles. The van der Waals surface area contributed by atoms with E-state index < -0.39 is 36.4 Å². The zero-order valence-corrected chi connectivity index (χ0v) is 24.0. The molecule has 0 saturated carbocycles. The molecule has 2 aliphatic heterocycles. The van der Waals surface area contributed by atoms with Crippen molar-refractivity contribution in [1.82, 2.24) is 20.1 Å². The molecule has 2 aliphatic rings. The van der Waals surface area contributed by atoms with Crippen molar-refractivity contribution in [2.24, 2.45) is 5.41 Å². The molecule has 2 fully saturated rings. The van der Waals surface area contributed by atoms with Gasteiger partial charge in [0.15, 0.2) is 5.82 Å². The van der Waals surface area contributed by atoms with Gasteiger partial charge < -0.3 is 20.2 Å². The third-order valence-corrected chi connectivity index (χ3v) is 6.73. The molecule has 0 radical (unpaired) electrons. The van der Waals surface area contributed by atoms with Crippen molar-refractivity contribution in [2.45, 2.75) is 57.7 Å². The maximum atomic E-state index is 10.6. The minimum atomic E-state index is -5.08. The molecule has 11 nitrogen and oxygen atoms in total. The van der Waals surface area contributed by atoms with Crippen LogP contribution in [0, 0.1) is 12.3 Å². The molecule has 0 unspecified atom stereocenters. The fraction of sp³-hybridized carbons (Fsp3) is 0.538. The zero-order valence-electron chi connectivity index (χ0n) is 24.0. The number of rotatable bonds is 3. The standard InChI is InChI=1S/C20H27N5.3C2HF3O2/c1-17-2-3-19(23-22-17)25-14-8-20(9-15-25)6-12-24(13-7-20)16-18-4-10-21-11-5-18;3*3-2(4,5)1(6)7/h2-5,10-11H,6-9,12-16H2,1H3;3*(H,6,7). The summed E-state index contributed by atoms with van der Waals surface area (Å²) in [4.78, 5) is 35.8. The number of carboxylic acid groups (broad SMARTS) is 3. The summed E-state index contributed by atoms with van der Waals surface area (Å²) in [5, 5.41) is 29.9. The van der Waals surface area contributed by atoms with Crippen molar-refractivity contribution in [1.29, 1.82) is 0 Å². The van der Waals surface area contributed by atoms with Crippen LogP contribution in [0.3, 0.4) is 0 Å². The Hall–Kier alpha value is -4.23. The molecular weight excluding hydrogens is 649 g/mol. The summed E-state index contributed by atoms with van der Waals surface area (Å²) in [6, 6.07) is 8.43. The smallest absolute Gasteiger partial charge is 0.475 e. The molecule has 2 saturated heterocycles. The Morgan fingerprint density at radius 2 is 1.09 bits per heavy atom. The fourth-order valence-electron chi connectivity index (χ4n) is 4.20. The second-order valence-corrected chi connectivity index (χ2v) is 10.1. The van der Waals surface area contributed by atoms with Crippen LogP contribution in [0.15, 0.2) is 36.7 Å². The molecular formula is C26H30F9N5O6. The van der Waals surface area contributed by atoms with Crippen LogP contribution in [-0.4, -0.2) is 98.0 Å². The number of aliphatic carboxylic acids is 3. The van der Waals surface area contributed by atoms with Gasteiger partial charge in [-0.2, -0.15) is 44.6 Å². The number of carbonyl (C=O) groups is 3. The Morgan fingerprint density at radius 3 is 1.43 bits per heavy atom. The number of alkyl halides is 9. The lowest BCUT2D eigenvalue weighted by molar-refractivity contribution is -0.193. The Balaban J connectivity index is 0.000000413. The maximum absolute atomic E-state index is 10.6. The third kappa shape index (κ3) is 14.7. The first-order valence-corrected chi connectivity index (χ1v) is 13.1. The topological polar surface area (TPSA) is 157 Å². The molecule has 4 heterocycles. The number of aromatic nitrogens is 3. The molecule has 20 heteroatoms. The Bertz CT molecular complexity index is 1190. The second kappa shape index (κ2) is 16.9. The van der Waals surface area contributed by atoms with E-state index in [-0.39, 0.29) is 0 Å². The van der Waals surface area contributed by atoms with E-state index in [1.54, 1.807) is 0 Å². The van der Waals surface area contributed by atoms with Gasteiger partial charge in [-0.05, 0) is 80.9 Å². The molecule has 258 valence electrons. The van der Waals surface area contributed by atoms with Crippen molar-refractivity contribution in [3.05, 3.63) is 47.9 Å². The zero-order chi connectivity index (χ0) is 35.3. The van der Waals surface area contributed by atoms with E-state index in [9.17, 15) is 39.5 Å². The van der Waals surface area contributed by atoms with E-state index in [2.05, 4.69) is 49.2 Å². The van der Waals surface area contributed by atoms with Crippen molar-refractivity contribution >= 4 is 23.7 Å². The van der Waals surface area contributed by atoms with Crippen LogP contribution in [0.4, 0.5) is 45.3 Å². The van der Waals surface area contributed by atoms with Gasteiger partial charge >= 0.3 is 36.4 Å². The molecule has 0 bridgehead atoms. The van der Waals surface area contributed by atoms with Crippen LogP contribution >= 0.6 is 0 Å². The van der Waals surface area contributed by atoms with Crippen LogP contribution < -0.4 is 4.90 Å². The largest absolute Gasteiger partial charge is 0.490 e. The normalized spacial score (nSPS) is 16.4. The van der Waals surface area contributed by atoms with Crippen molar-refractivity contribution in [3.63, 3.8) is 0 Å². The highest BCUT2D eigenvalue weighted by molar-refractivity contribution is 5.73. The van der Waals surface area contributed by atoms with Crippen LogP contribution in [0.2, 0.25) is 0 Å². The number of hydrogen-bond donors (Lipinski definition) is 3. The van der Waals surface area contributed by atoms with Crippen LogP contribution in [0.1, 0.15) is 36.9 Å². The Kier molecular flexibility index (Phi) is 14.6. The third-order valence-electron chi connectivity index (χ3n) is 6.73. The molecule has 46 heavy (non-hydrogen) atoms. The predicted octanol–water partition coefficient (Wildman–Crippen LogP) is 4.96. The molecule has 4 rings (SSSR count). The summed E-state index contributed by atoms with van der Waals surface area (Å²) < 4.78 is 95.2. The maximum Gasteiger partial charge on any atom is 0.490 e. The van der Waals surface area contributed by atoms with E-state index in [0.717, 1.165) is 31.1 Å². The first-order valence-electron chi connectivity index (χ1n) is 13.1. The van der Waals surface area contributed by atoms with Gasteiger partial charge in [0.1, 0.15) is 0 Å². The van der Waals surface area contributed by atoms with E-state index in [4.69, 9.17) is 29.7 Å². The quantitative estimate of drug-likeness (QED) is 0.377. The second-order valence-electron chi connectivity index (χ2n) is 10.1. The van der Waals surface area contributed by atoms with E-state index in [1.807, 2.05) is 19.3 Å². The monoisotopic (exact) mass is 679 g/mol. The first-order chi connectivity index (χ1) is 21.1. The van der Waals surface area contributed by atoms with Gasteiger partial charge in [0.25, 0.3) is 0 Å². The van der Waals surface area contributed by atoms with Gasteiger partial charge in [-0.3, -0.25) is 9.88 Å². The average molecular weight is 680 g/mol. The van der Waals surface area contributed by atoms with Gasteiger partial charge in [0.05, 0.1) is 5.69 Å². The Morgan fingerprint density at radius 1 is 0.696 bits per heavy atom. The molecule has 0 atom stereocenters. The van der Waals surface area contributed by atoms with Gasteiger partial charge in [-0.25, -0.2) is 14.4 Å². The summed E-state index contributed by atoms with van der Waals surface area (Å²) in [6.45, 7) is 7.70. The summed E-state index contributed by atoms with van der Waals surface area (Å²) >= 11 is 0. The molecule has 1 spiro atoms. The van der Waals surface area contributed by atoms with Gasteiger partial charge in [0, 0.05) is 32.0 Å². The molecule has 2 aromatic heterocycles. The van der Waals surface area contributed by atoms with Crippen LogP contribution in [0.25, 0.3) is 0 Å². The highest BCUT2D eigenvalue weighted by atomic mass is 19.4. The lowest BCUT2D eigenvalue weighted by atomic mass is 9.71. The average Bonchev–Trinajstić information content (AvgIpc) is 2.95. The molecule has 0 aromatic carbocycles. The summed E-state index contributed by atoms with van der Waals surface area (Å²) in [7, 11) is 0. The predicted molar refractivity (Wildman–Crippen MR) is 140 cm³/mol. The number of aryl methyl sites for hydroxylation is 1. The number of carboxylic acids is 3. The summed E-state index contributed by atoms with van der Waals surface area (Å²) in [5.41, 5.74) is 2.90. The number of halogens is 9. The number of likely N-dealkylation sites (tertiary alicyclic amines) is 1.